The van der Waals surface area contributed by atoms with Gasteiger partial charge < -0.3 is 14.6 Å². The van der Waals surface area contributed by atoms with Crippen LogP contribution in [0.3, 0.4) is 0 Å². The van der Waals surface area contributed by atoms with E-state index in [1.165, 1.54) is 0 Å². The molecule has 3 heterocycles. The van der Waals surface area contributed by atoms with E-state index in [0.29, 0.717) is 24.9 Å². The number of fused-ring (bicyclic) bond motifs is 1. The monoisotopic (exact) mass is 283 g/mol. The van der Waals surface area contributed by atoms with Gasteiger partial charge >= 0.3 is 0 Å². The van der Waals surface area contributed by atoms with Crippen LogP contribution in [0.4, 0.5) is 0 Å². The van der Waals surface area contributed by atoms with Gasteiger partial charge in [0.25, 0.3) is 0 Å². The highest BCUT2D eigenvalue weighted by atomic mass is 16.5. The topological polar surface area (TPSA) is 86.0 Å². The Hall–Kier alpha value is -2.38. The summed E-state index contributed by atoms with van der Waals surface area (Å²) in [4.78, 5) is 13.0. The van der Waals surface area contributed by atoms with Crippen molar-refractivity contribution in [1.29, 1.82) is 0 Å². The van der Waals surface area contributed by atoms with Crippen molar-refractivity contribution in [3.05, 3.63) is 36.5 Å². The van der Waals surface area contributed by atoms with Crippen LogP contribution in [0.1, 0.15) is 11.9 Å². The number of hydrogen-bond acceptors (Lipinski definition) is 7. The van der Waals surface area contributed by atoms with Gasteiger partial charge in [0, 0.05) is 24.5 Å². The zero-order valence-corrected chi connectivity index (χ0v) is 11.2. The van der Waals surface area contributed by atoms with Crippen LogP contribution >= 0.6 is 0 Å². The molecule has 3 aromatic rings. The van der Waals surface area contributed by atoms with E-state index in [9.17, 15) is 0 Å². The maximum absolute atomic E-state index is 5.40. The first-order chi connectivity index (χ1) is 10.4. The van der Waals surface area contributed by atoms with Crippen LogP contribution in [0.25, 0.3) is 22.4 Å². The lowest BCUT2D eigenvalue weighted by Crippen LogP contribution is -2.34. The van der Waals surface area contributed by atoms with Gasteiger partial charge in [-0.3, -0.25) is 9.97 Å². The Morgan fingerprint density at radius 2 is 2.05 bits per heavy atom. The highest BCUT2D eigenvalue weighted by Crippen LogP contribution is 2.22. The molecule has 1 atom stereocenters. The SMILES string of the molecule is c1cnc2cc(-c3noc(C4COCCN4)n3)ccc2n1. The molecule has 1 aliphatic rings. The van der Waals surface area contributed by atoms with E-state index in [4.69, 9.17) is 9.26 Å². The molecular weight excluding hydrogens is 270 g/mol. The second kappa shape index (κ2) is 5.19. The third-order valence-corrected chi connectivity index (χ3v) is 3.39. The lowest BCUT2D eigenvalue weighted by Gasteiger charge is -2.20. The second-order valence-electron chi connectivity index (χ2n) is 4.80. The van der Waals surface area contributed by atoms with E-state index in [0.717, 1.165) is 23.1 Å². The number of nitrogens with zero attached hydrogens (tertiary/aromatic N) is 4. The van der Waals surface area contributed by atoms with Crippen LogP contribution in [0.15, 0.2) is 35.1 Å². The molecule has 7 heteroatoms. The average Bonchev–Trinajstić information content (AvgIpc) is 3.05. The number of nitrogens with one attached hydrogen (secondary N) is 1. The zero-order valence-electron chi connectivity index (χ0n) is 11.2. The van der Waals surface area contributed by atoms with Crippen molar-refractivity contribution in [2.45, 2.75) is 6.04 Å². The maximum Gasteiger partial charge on any atom is 0.246 e. The summed E-state index contributed by atoms with van der Waals surface area (Å²) in [5.41, 5.74) is 2.50. The summed E-state index contributed by atoms with van der Waals surface area (Å²) in [6, 6.07) is 5.67. The molecule has 0 radical (unpaired) electrons. The molecule has 0 bridgehead atoms. The summed E-state index contributed by atoms with van der Waals surface area (Å²) in [7, 11) is 0. The molecule has 7 nitrogen and oxygen atoms in total. The molecule has 1 saturated heterocycles. The van der Waals surface area contributed by atoms with Gasteiger partial charge in [-0.05, 0) is 18.2 Å². The molecule has 0 saturated carbocycles. The van der Waals surface area contributed by atoms with E-state index in [1.807, 2.05) is 18.2 Å². The molecule has 2 aromatic heterocycles. The van der Waals surface area contributed by atoms with Crippen molar-refractivity contribution in [2.24, 2.45) is 0 Å². The highest BCUT2D eigenvalue weighted by molar-refractivity contribution is 5.79. The summed E-state index contributed by atoms with van der Waals surface area (Å²) in [5.74, 6) is 1.09. The van der Waals surface area contributed by atoms with Gasteiger partial charge in [0.15, 0.2) is 0 Å². The van der Waals surface area contributed by atoms with Crippen LogP contribution in [0.2, 0.25) is 0 Å². The zero-order chi connectivity index (χ0) is 14.1. The fraction of sp³-hybridized carbons (Fsp3) is 0.286. The minimum absolute atomic E-state index is 0.0414. The summed E-state index contributed by atoms with van der Waals surface area (Å²) in [6.07, 6.45) is 3.33. The normalized spacial score (nSPS) is 19.0. The Morgan fingerprint density at radius 1 is 1.14 bits per heavy atom. The molecule has 1 aliphatic heterocycles. The molecule has 21 heavy (non-hydrogen) atoms. The fourth-order valence-corrected chi connectivity index (χ4v) is 2.32. The first-order valence-electron chi connectivity index (χ1n) is 6.76. The van der Waals surface area contributed by atoms with Crippen LogP contribution in [0.5, 0.6) is 0 Å². The van der Waals surface area contributed by atoms with Crippen LogP contribution in [0, 0.1) is 0 Å². The molecular formula is C14H13N5O2. The molecule has 0 amide bonds. The lowest BCUT2D eigenvalue weighted by molar-refractivity contribution is 0.0659. The predicted octanol–water partition coefficient (Wildman–Crippen LogP) is 1.34. The Kier molecular flexibility index (Phi) is 3.06. The molecule has 1 aromatic carbocycles. The number of hydrogen-bond donors (Lipinski definition) is 1. The molecule has 0 spiro atoms. The molecule has 1 N–H and O–H groups in total. The largest absolute Gasteiger partial charge is 0.378 e. The molecule has 106 valence electrons. The van der Waals surface area contributed by atoms with Crippen molar-refractivity contribution in [3.63, 3.8) is 0 Å². The number of aromatic nitrogens is 4. The summed E-state index contributed by atoms with van der Waals surface area (Å²) in [5, 5.41) is 7.32. The van der Waals surface area contributed by atoms with E-state index in [1.54, 1.807) is 12.4 Å². The van der Waals surface area contributed by atoms with E-state index in [-0.39, 0.29) is 6.04 Å². The van der Waals surface area contributed by atoms with Gasteiger partial charge in [-0.15, -0.1) is 0 Å². The van der Waals surface area contributed by atoms with E-state index < -0.39 is 0 Å². The van der Waals surface area contributed by atoms with Gasteiger partial charge in [-0.25, -0.2) is 0 Å². The van der Waals surface area contributed by atoms with Crippen molar-refractivity contribution in [3.8, 4) is 11.4 Å². The number of benzene rings is 1. The van der Waals surface area contributed by atoms with Crippen LogP contribution < -0.4 is 5.32 Å². The Bertz CT molecular complexity index is 767. The van der Waals surface area contributed by atoms with Gasteiger partial charge in [0.1, 0.15) is 6.04 Å². The maximum atomic E-state index is 5.40. The summed E-state index contributed by atoms with van der Waals surface area (Å²) < 4.78 is 10.7. The predicted molar refractivity (Wildman–Crippen MR) is 74.4 cm³/mol. The Labute approximate surface area is 120 Å². The van der Waals surface area contributed by atoms with Crippen LogP contribution in [-0.2, 0) is 4.74 Å². The third-order valence-electron chi connectivity index (χ3n) is 3.39. The number of ether oxygens (including phenoxy) is 1. The van der Waals surface area contributed by atoms with E-state index in [2.05, 4.69) is 25.4 Å². The quantitative estimate of drug-likeness (QED) is 0.759. The number of rotatable bonds is 2. The minimum atomic E-state index is -0.0414. The second-order valence-corrected chi connectivity index (χ2v) is 4.80. The fourth-order valence-electron chi connectivity index (χ4n) is 2.32. The standard InChI is InChI=1S/C14H13N5O2/c1-2-10-11(16-4-3-15-10)7-9(1)13-18-14(21-19-13)12-8-20-6-5-17-12/h1-4,7,12,17H,5-6,8H2. The van der Waals surface area contributed by atoms with Crippen molar-refractivity contribution in [1.82, 2.24) is 25.4 Å². The molecule has 1 fully saturated rings. The van der Waals surface area contributed by atoms with Gasteiger partial charge in [0.05, 0.1) is 24.2 Å². The summed E-state index contributed by atoms with van der Waals surface area (Å²) in [6.45, 7) is 2.04. The van der Waals surface area contributed by atoms with Crippen molar-refractivity contribution < 1.29 is 9.26 Å². The van der Waals surface area contributed by atoms with Crippen molar-refractivity contribution >= 4 is 11.0 Å². The van der Waals surface area contributed by atoms with Gasteiger partial charge in [0.2, 0.25) is 11.7 Å². The molecule has 1 unspecified atom stereocenters. The first kappa shape index (κ1) is 12.4. The smallest absolute Gasteiger partial charge is 0.246 e. The third kappa shape index (κ3) is 2.37. The Balaban J connectivity index is 1.67. The Morgan fingerprint density at radius 3 is 2.90 bits per heavy atom. The van der Waals surface area contributed by atoms with Crippen molar-refractivity contribution in [2.75, 3.05) is 19.8 Å². The van der Waals surface area contributed by atoms with Crippen LogP contribution in [-0.4, -0.2) is 39.9 Å². The average molecular weight is 283 g/mol. The summed E-state index contributed by atoms with van der Waals surface area (Å²) >= 11 is 0. The molecule has 4 rings (SSSR count). The van der Waals surface area contributed by atoms with Gasteiger partial charge in [-0.2, -0.15) is 4.98 Å². The highest BCUT2D eigenvalue weighted by Gasteiger charge is 2.22. The first-order valence-corrected chi connectivity index (χ1v) is 6.76. The van der Waals surface area contributed by atoms with Gasteiger partial charge in [-0.1, -0.05) is 5.16 Å². The lowest BCUT2D eigenvalue weighted by atomic mass is 10.2. The minimum Gasteiger partial charge on any atom is -0.378 e. The number of morpholine rings is 1. The van der Waals surface area contributed by atoms with E-state index >= 15 is 0 Å². The molecule has 0 aliphatic carbocycles.